The van der Waals surface area contributed by atoms with Crippen molar-refractivity contribution < 1.29 is 0 Å². The number of rotatable bonds is 10. The molecule has 0 atom stereocenters. The molecule has 26 heavy (non-hydrogen) atoms. The molecule has 1 heteroatoms. The SMILES string of the molecule is C=C/C=C\C(=C)C(=C)/C=C\C(=C)C(=C)/C=C\C(=C)Nc1ccccc1C. The van der Waals surface area contributed by atoms with Crippen molar-refractivity contribution in [3.63, 3.8) is 0 Å². The molecule has 0 radical (unpaired) electrons. The molecule has 0 aliphatic heterocycles. The zero-order valence-electron chi connectivity index (χ0n) is 15.6. The molecule has 0 unspecified atom stereocenters. The monoisotopic (exact) mass is 341 g/mol. The fourth-order valence-corrected chi connectivity index (χ4v) is 1.94. The minimum atomic E-state index is 0.782. The van der Waals surface area contributed by atoms with Gasteiger partial charge in [-0.1, -0.05) is 94.1 Å². The van der Waals surface area contributed by atoms with Crippen molar-refractivity contribution >= 4 is 5.69 Å². The fraction of sp³-hybridized carbons (Fsp3) is 0.0400. The van der Waals surface area contributed by atoms with Crippen molar-refractivity contribution in [1.29, 1.82) is 0 Å². The first-order valence-electron chi connectivity index (χ1n) is 8.28. The summed E-state index contributed by atoms with van der Waals surface area (Å²) in [6.07, 6.45) is 12.9. The predicted molar refractivity (Wildman–Crippen MR) is 118 cm³/mol. The Bertz CT molecular complexity index is 825. The maximum atomic E-state index is 4.04. The zero-order valence-corrected chi connectivity index (χ0v) is 15.6. The Balaban J connectivity index is 2.62. The number of benzene rings is 1. The van der Waals surface area contributed by atoms with Crippen LogP contribution in [-0.4, -0.2) is 0 Å². The van der Waals surface area contributed by atoms with E-state index in [1.807, 2.05) is 54.7 Å². The Labute approximate surface area is 158 Å². The molecule has 0 fully saturated rings. The number of anilines is 1. The molecular formula is C25H27N. The molecule has 132 valence electrons. The summed E-state index contributed by atoms with van der Waals surface area (Å²) in [5.74, 6) is 0. The van der Waals surface area contributed by atoms with E-state index in [9.17, 15) is 0 Å². The van der Waals surface area contributed by atoms with Crippen LogP contribution in [0.3, 0.4) is 0 Å². The van der Waals surface area contributed by atoms with Gasteiger partial charge in [0.2, 0.25) is 0 Å². The van der Waals surface area contributed by atoms with E-state index in [1.54, 1.807) is 6.08 Å². The van der Waals surface area contributed by atoms with Crippen LogP contribution in [0.25, 0.3) is 0 Å². The lowest BCUT2D eigenvalue weighted by atomic mass is 10.0. The molecular weight excluding hydrogens is 314 g/mol. The van der Waals surface area contributed by atoms with Gasteiger partial charge in [0.05, 0.1) is 0 Å². The van der Waals surface area contributed by atoms with Gasteiger partial charge in [0, 0.05) is 11.4 Å². The third-order valence-corrected chi connectivity index (χ3v) is 3.67. The largest absolute Gasteiger partial charge is 0.356 e. The van der Waals surface area contributed by atoms with Gasteiger partial charge in [-0.25, -0.2) is 0 Å². The lowest BCUT2D eigenvalue weighted by molar-refractivity contribution is 1.40. The molecule has 0 spiro atoms. The minimum Gasteiger partial charge on any atom is -0.356 e. The fourth-order valence-electron chi connectivity index (χ4n) is 1.94. The van der Waals surface area contributed by atoms with E-state index in [1.165, 1.54) is 0 Å². The average molecular weight is 341 g/mol. The van der Waals surface area contributed by atoms with Crippen LogP contribution in [0.2, 0.25) is 0 Å². The molecule has 0 aromatic heterocycles. The van der Waals surface area contributed by atoms with Crippen LogP contribution in [0.15, 0.2) is 134 Å². The molecule has 1 N–H and O–H groups in total. The number of allylic oxidation sites excluding steroid dienone is 11. The summed E-state index contributed by atoms with van der Waals surface area (Å²) < 4.78 is 0. The molecule has 0 aliphatic rings. The summed E-state index contributed by atoms with van der Waals surface area (Å²) in [5.41, 5.74) is 6.22. The second-order valence-corrected chi connectivity index (χ2v) is 5.83. The summed E-state index contributed by atoms with van der Waals surface area (Å²) in [4.78, 5) is 0. The molecule has 1 aromatic carbocycles. The van der Waals surface area contributed by atoms with Crippen LogP contribution in [0.1, 0.15) is 5.56 Å². The van der Waals surface area contributed by atoms with Crippen LogP contribution in [-0.2, 0) is 0 Å². The molecule has 0 bridgehead atoms. The molecule has 0 saturated heterocycles. The summed E-state index contributed by atoms with van der Waals surface area (Å²) in [6.45, 7) is 25.7. The molecule has 1 nitrogen and oxygen atoms in total. The highest BCUT2D eigenvalue weighted by Gasteiger charge is 1.98. The quantitative estimate of drug-likeness (QED) is 0.452. The number of hydrogen-bond acceptors (Lipinski definition) is 1. The van der Waals surface area contributed by atoms with Gasteiger partial charge in [-0.15, -0.1) is 0 Å². The van der Waals surface area contributed by atoms with Crippen molar-refractivity contribution in [2.75, 3.05) is 5.32 Å². The van der Waals surface area contributed by atoms with E-state index in [4.69, 9.17) is 0 Å². The molecule has 0 heterocycles. The number of hydrogen-bond donors (Lipinski definition) is 1. The van der Waals surface area contributed by atoms with Crippen molar-refractivity contribution in [3.8, 4) is 0 Å². The molecule has 1 rings (SSSR count). The standard InChI is InChI=1S/C25H27N/c1-8-9-12-19(2)20(3)15-16-21(4)22(5)17-18-24(7)26-25-14-11-10-13-23(25)6/h8-18,26H,1-5,7H2,6H3/b12-9-,16-15-,18-17-. The van der Waals surface area contributed by atoms with E-state index in [0.717, 1.165) is 39.2 Å². The number of para-hydroxylation sites is 1. The lowest BCUT2D eigenvalue weighted by Crippen LogP contribution is -1.97. The smallest absolute Gasteiger partial charge is 0.0413 e. The first-order chi connectivity index (χ1) is 12.3. The van der Waals surface area contributed by atoms with E-state index in [0.29, 0.717) is 0 Å². The third kappa shape index (κ3) is 7.06. The molecule has 0 saturated carbocycles. The second-order valence-electron chi connectivity index (χ2n) is 5.83. The number of nitrogens with one attached hydrogen (secondary N) is 1. The summed E-state index contributed by atoms with van der Waals surface area (Å²) in [7, 11) is 0. The first-order valence-corrected chi connectivity index (χ1v) is 8.28. The van der Waals surface area contributed by atoms with E-state index in [-0.39, 0.29) is 0 Å². The van der Waals surface area contributed by atoms with E-state index < -0.39 is 0 Å². The third-order valence-electron chi connectivity index (χ3n) is 3.67. The Morgan fingerprint density at radius 1 is 0.769 bits per heavy atom. The van der Waals surface area contributed by atoms with Gasteiger partial charge in [0.25, 0.3) is 0 Å². The maximum absolute atomic E-state index is 4.04. The van der Waals surface area contributed by atoms with Crippen LogP contribution in [0.4, 0.5) is 5.69 Å². The highest BCUT2D eigenvalue weighted by Crippen LogP contribution is 2.17. The van der Waals surface area contributed by atoms with Gasteiger partial charge in [-0.2, -0.15) is 0 Å². The summed E-state index contributed by atoms with van der Waals surface area (Å²) in [5, 5.41) is 3.28. The summed E-state index contributed by atoms with van der Waals surface area (Å²) >= 11 is 0. The predicted octanol–water partition coefficient (Wildman–Crippen LogP) is 7.00. The van der Waals surface area contributed by atoms with Crippen LogP contribution < -0.4 is 5.32 Å². The Kier molecular flexibility index (Phi) is 8.39. The molecule has 0 amide bonds. The van der Waals surface area contributed by atoms with Crippen molar-refractivity contribution in [2.45, 2.75) is 6.92 Å². The van der Waals surface area contributed by atoms with Gasteiger partial charge < -0.3 is 5.32 Å². The Morgan fingerprint density at radius 3 is 1.81 bits per heavy atom. The van der Waals surface area contributed by atoms with E-state index >= 15 is 0 Å². The maximum Gasteiger partial charge on any atom is 0.0413 e. The highest BCUT2D eigenvalue weighted by atomic mass is 14.9. The minimum absolute atomic E-state index is 0.782. The van der Waals surface area contributed by atoms with Crippen molar-refractivity contribution in [1.82, 2.24) is 0 Å². The zero-order chi connectivity index (χ0) is 19.5. The Hall–Kier alpha value is -3.32. The van der Waals surface area contributed by atoms with Gasteiger partial charge in [0.15, 0.2) is 0 Å². The topological polar surface area (TPSA) is 12.0 Å². The summed E-state index contributed by atoms with van der Waals surface area (Å²) in [6, 6.07) is 8.07. The van der Waals surface area contributed by atoms with Crippen molar-refractivity contribution in [2.24, 2.45) is 0 Å². The van der Waals surface area contributed by atoms with Gasteiger partial charge in [-0.3, -0.25) is 0 Å². The van der Waals surface area contributed by atoms with E-state index in [2.05, 4.69) is 57.8 Å². The first kappa shape index (κ1) is 20.7. The number of aryl methyl sites for hydroxylation is 1. The highest BCUT2D eigenvalue weighted by molar-refractivity contribution is 5.56. The van der Waals surface area contributed by atoms with Crippen molar-refractivity contribution in [3.05, 3.63) is 140 Å². The molecule has 1 aromatic rings. The Morgan fingerprint density at radius 2 is 1.27 bits per heavy atom. The normalized spacial score (nSPS) is 11.0. The van der Waals surface area contributed by atoms with Crippen LogP contribution in [0, 0.1) is 6.92 Å². The van der Waals surface area contributed by atoms with Gasteiger partial charge >= 0.3 is 0 Å². The van der Waals surface area contributed by atoms with Crippen LogP contribution >= 0.6 is 0 Å². The van der Waals surface area contributed by atoms with Gasteiger partial charge in [-0.05, 0) is 46.9 Å². The average Bonchev–Trinajstić information content (AvgIpc) is 2.63. The molecule has 0 aliphatic carbocycles. The van der Waals surface area contributed by atoms with Gasteiger partial charge in [0.1, 0.15) is 0 Å². The lowest BCUT2D eigenvalue weighted by Gasteiger charge is -2.09. The van der Waals surface area contributed by atoms with Crippen LogP contribution in [0.5, 0.6) is 0 Å². The second kappa shape index (κ2) is 10.5.